The molecule has 0 unspecified atom stereocenters. The molecule has 3 aromatic rings. The van der Waals surface area contributed by atoms with Crippen molar-refractivity contribution in [1.29, 1.82) is 0 Å². The molecule has 0 aliphatic heterocycles. The molecule has 0 saturated heterocycles. The van der Waals surface area contributed by atoms with Crippen molar-refractivity contribution in [2.24, 2.45) is 5.92 Å². The van der Waals surface area contributed by atoms with E-state index in [1.807, 2.05) is 41.2 Å². The molecule has 0 amide bonds. The van der Waals surface area contributed by atoms with Gasteiger partial charge in [-0.3, -0.25) is 0 Å². The van der Waals surface area contributed by atoms with Crippen molar-refractivity contribution in [3.8, 4) is 5.69 Å². The molecular formula is C27H30FN3O3S. The zero-order valence-corrected chi connectivity index (χ0v) is 20.6. The maximum Gasteiger partial charge on any atom is 0.218 e. The van der Waals surface area contributed by atoms with Crippen LogP contribution >= 0.6 is 0 Å². The van der Waals surface area contributed by atoms with Gasteiger partial charge >= 0.3 is 0 Å². The molecule has 0 bridgehead atoms. The van der Waals surface area contributed by atoms with E-state index in [4.69, 9.17) is 0 Å². The summed E-state index contributed by atoms with van der Waals surface area (Å²) >= 11 is 0. The van der Waals surface area contributed by atoms with Crippen molar-refractivity contribution in [2.45, 2.75) is 37.9 Å². The Bertz CT molecular complexity index is 1330. The molecule has 6 nitrogen and oxygen atoms in total. The quantitative estimate of drug-likeness (QED) is 0.475. The Morgan fingerprint density at radius 2 is 1.89 bits per heavy atom. The minimum Gasteiger partial charge on any atom is -0.395 e. The average Bonchev–Trinajstić information content (AvgIpc) is 3.45. The summed E-state index contributed by atoms with van der Waals surface area (Å²) in [6.45, 7) is 2.42. The van der Waals surface area contributed by atoms with Crippen LogP contribution in [0.3, 0.4) is 0 Å². The van der Waals surface area contributed by atoms with Crippen LogP contribution < -0.4 is 0 Å². The number of hydrogen-bond donors (Lipinski definition) is 1. The van der Waals surface area contributed by atoms with Crippen LogP contribution in [0.25, 0.3) is 5.69 Å². The summed E-state index contributed by atoms with van der Waals surface area (Å²) in [6, 6.07) is 15.5. The molecule has 8 heteroatoms. The third-order valence-corrected chi connectivity index (χ3v) is 9.10. The number of aliphatic hydroxyl groups is 1. The molecule has 0 radical (unpaired) electrons. The zero-order valence-electron chi connectivity index (χ0n) is 19.8. The predicted octanol–water partition coefficient (Wildman–Crippen LogP) is 4.20. The number of fused-ring (bicyclic) bond motifs is 1. The highest BCUT2D eigenvalue weighted by Gasteiger charge is 2.38. The van der Waals surface area contributed by atoms with Gasteiger partial charge in [0.1, 0.15) is 5.82 Å². The van der Waals surface area contributed by atoms with Crippen LogP contribution in [0.5, 0.6) is 0 Å². The lowest BCUT2D eigenvalue weighted by molar-refractivity contribution is 0.243. The van der Waals surface area contributed by atoms with Gasteiger partial charge in [-0.05, 0) is 48.6 Å². The van der Waals surface area contributed by atoms with Gasteiger partial charge in [0.05, 0.1) is 29.9 Å². The maximum absolute atomic E-state index is 13.4. The topological polar surface area (TPSA) is 75.4 Å². The number of aliphatic hydroxyl groups excluding tert-OH is 1. The van der Waals surface area contributed by atoms with Gasteiger partial charge in [0.15, 0.2) is 0 Å². The molecule has 1 aromatic heterocycles. The van der Waals surface area contributed by atoms with Gasteiger partial charge in [0, 0.05) is 31.0 Å². The predicted molar refractivity (Wildman–Crippen MR) is 133 cm³/mol. The summed E-state index contributed by atoms with van der Waals surface area (Å²) < 4.78 is 43.3. The second-order valence-electron chi connectivity index (χ2n) is 9.45. The number of benzene rings is 2. The van der Waals surface area contributed by atoms with E-state index in [-0.39, 0.29) is 36.6 Å². The second kappa shape index (κ2) is 9.68. The number of rotatable bonds is 8. The van der Waals surface area contributed by atoms with Gasteiger partial charge in [0.25, 0.3) is 0 Å². The van der Waals surface area contributed by atoms with Crippen LogP contribution in [0, 0.1) is 11.7 Å². The third kappa shape index (κ3) is 4.70. The van der Waals surface area contributed by atoms with Crippen molar-refractivity contribution in [3.05, 3.63) is 94.6 Å². The van der Waals surface area contributed by atoms with E-state index >= 15 is 0 Å². The molecule has 0 saturated carbocycles. The maximum atomic E-state index is 13.4. The van der Waals surface area contributed by atoms with E-state index in [1.165, 1.54) is 27.6 Å². The highest BCUT2D eigenvalue weighted by molar-refractivity contribution is 7.88. The van der Waals surface area contributed by atoms with Gasteiger partial charge in [-0.2, -0.15) is 9.40 Å². The van der Waals surface area contributed by atoms with E-state index < -0.39 is 10.0 Å². The van der Waals surface area contributed by atoms with E-state index in [0.717, 1.165) is 41.8 Å². The lowest BCUT2D eigenvalue weighted by Crippen LogP contribution is -2.38. The molecule has 2 aromatic carbocycles. The third-order valence-electron chi connectivity index (χ3n) is 7.29. The Morgan fingerprint density at radius 3 is 2.60 bits per heavy atom. The molecule has 2 aliphatic rings. The minimum absolute atomic E-state index is 0.0728. The molecule has 2 atom stereocenters. The van der Waals surface area contributed by atoms with Crippen molar-refractivity contribution in [3.63, 3.8) is 0 Å². The number of sulfonamides is 1. The first kappa shape index (κ1) is 23.9. The van der Waals surface area contributed by atoms with Gasteiger partial charge in [0.2, 0.25) is 10.0 Å². The highest BCUT2D eigenvalue weighted by Crippen LogP contribution is 2.47. The van der Waals surface area contributed by atoms with Crippen LogP contribution in [-0.2, 0) is 22.2 Å². The molecule has 1 N–H and O–H groups in total. The number of hydrogen-bond acceptors (Lipinski definition) is 4. The minimum atomic E-state index is -3.57. The van der Waals surface area contributed by atoms with Crippen LogP contribution in [0.1, 0.15) is 42.5 Å². The molecule has 35 heavy (non-hydrogen) atoms. The van der Waals surface area contributed by atoms with Gasteiger partial charge in [-0.15, -0.1) is 0 Å². The molecular weight excluding hydrogens is 465 g/mol. The van der Waals surface area contributed by atoms with E-state index in [9.17, 15) is 17.9 Å². The Labute approximate surface area is 205 Å². The molecule has 5 rings (SSSR count). The summed E-state index contributed by atoms with van der Waals surface area (Å²) in [5.41, 5.74) is 6.50. The van der Waals surface area contributed by atoms with Crippen molar-refractivity contribution in [2.75, 3.05) is 19.7 Å². The van der Waals surface area contributed by atoms with Crippen molar-refractivity contribution >= 4 is 10.0 Å². The number of allylic oxidation sites excluding steroid dienone is 1. The van der Waals surface area contributed by atoms with Crippen molar-refractivity contribution in [1.82, 2.24) is 14.1 Å². The zero-order chi connectivity index (χ0) is 24.6. The summed E-state index contributed by atoms with van der Waals surface area (Å²) in [5.74, 6) is -0.111. The van der Waals surface area contributed by atoms with Gasteiger partial charge < -0.3 is 5.11 Å². The smallest absolute Gasteiger partial charge is 0.218 e. The normalized spacial score (nSPS) is 19.8. The summed E-state index contributed by atoms with van der Waals surface area (Å²) in [7, 11) is -3.57. The first-order valence-electron chi connectivity index (χ1n) is 12.0. The first-order chi connectivity index (χ1) is 16.9. The van der Waals surface area contributed by atoms with Crippen LogP contribution in [0.2, 0.25) is 0 Å². The summed E-state index contributed by atoms with van der Waals surface area (Å²) in [5, 5.41) is 14.2. The van der Waals surface area contributed by atoms with Crippen LogP contribution in [-0.4, -0.2) is 47.3 Å². The largest absolute Gasteiger partial charge is 0.395 e. The Morgan fingerprint density at radius 1 is 1.14 bits per heavy atom. The Balaban J connectivity index is 1.38. The lowest BCUT2D eigenvalue weighted by atomic mass is 9.80. The summed E-state index contributed by atoms with van der Waals surface area (Å²) in [4.78, 5) is 0. The van der Waals surface area contributed by atoms with E-state index in [2.05, 4.69) is 12.0 Å². The SMILES string of the molecule is C[C@@H]1C2=C(CC[C@@H]2CN(CCO)S(=O)(=O)Cc2ccccc2)Cc2c1cnn2-c1ccc(F)cc1. The van der Waals surface area contributed by atoms with Crippen LogP contribution in [0.4, 0.5) is 4.39 Å². The van der Waals surface area contributed by atoms with E-state index in [0.29, 0.717) is 6.54 Å². The molecule has 184 valence electrons. The Kier molecular flexibility index (Phi) is 6.61. The highest BCUT2D eigenvalue weighted by atomic mass is 32.2. The molecule has 1 heterocycles. The van der Waals surface area contributed by atoms with Gasteiger partial charge in [-0.25, -0.2) is 17.5 Å². The number of halogens is 1. The fourth-order valence-electron chi connectivity index (χ4n) is 5.65. The number of nitrogens with zero attached hydrogens (tertiary/aromatic N) is 3. The molecule has 0 spiro atoms. The van der Waals surface area contributed by atoms with Crippen molar-refractivity contribution < 1.29 is 17.9 Å². The second-order valence-corrected chi connectivity index (χ2v) is 11.4. The molecule has 0 fully saturated rings. The van der Waals surface area contributed by atoms with Crippen LogP contribution in [0.15, 0.2) is 71.9 Å². The first-order valence-corrected chi connectivity index (χ1v) is 13.7. The average molecular weight is 496 g/mol. The Hall–Kier alpha value is -2.81. The fourth-order valence-corrected chi connectivity index (χ4v) is 7.22. The fraction of sp³-hybridized carbons (Fsp3) is 0.370. The summed E-state index contributed by atoms with van der Waals surface area (Å²) in [6.07, 6.45) is 4.47. The number of aromatic nitrogens is 2. The monoisotopic (exact) mass is 495 g/mol. The van der Waals surface area contributed by atoms with E-state index in [1.54, 1.807) is 12.1 Å². The molecule has 2 aliphatic carbocycles. The standard InChI is InChI=1S/C27H30FN3O3S/c1-19-25-16-29-31(24-11-9-23(28)10-12-24)26(25)15-21-7-8-22(27(19)21)17-30(13-14-32)35(33,34)18-20-5-3-2-4-6-20/h2-6,9-12,16,19,22,32H,7-8,13-15,17-18H2,1H3/t19-,22+/m0/s1. The van der Waals surface area contributed by atoms with Gasteiger partial charge in [-0.1, -0.05) is 48.4 Å². The lowest BCUT2D eigenvalue weighted by Gasteiger charge is -2.30.